The minimum absolute atomic E-state index is 0.359. The van der Waals surface area contributed by atoms with Gasteiger partial charge in [0.15, 0.2) is 0 Å². The summed E-state index contributed by atoms with van der Waals surface area (Å²) in [5.41, 5.74) is 3.10. The lowest BCUT2D eigenvalue weighted by molar-refractivity contribution is 0.144. The van der Waals surface area contributed by atoms with Gasteiger partial charge in [-0.05, 0) is 38.0 Å². The molecule has 0 aliphatic carbocycles. The van der Waals surface area contributed by atoms with Crippen LogP contribution in [0.2, 0.25) is 0 Å². The highest BCUT2D eigenvalue weighted by atomic mass is 16.5. The van der Waals surface area contributed by atoms with Crippen LogP contribution in [0.5, 0.6) is 0 Å². The number of nitrogens with zero attached hydrogens (tertiary/aromatic N) is 2. The maximum absolute atomic E-state index is 11.5. The first kappa shape index (κ1) is 15.4. The number of imidazole rings is 1. The number of carbonyl (C=O) groups is 1. The lowest BCUT2D eigenvalue weighted by Crippen LogP contribution is -2.24. The van der Waals surface area contributed by atoms with Crippen LogP contribution >= 0.6 is 0 Å². The summed E-state index contributed by atoms with van der Waals surface area (Å²) in [5, 5.41) is 2.77. The SMILES string of the molecule is CCCCOC(=O)NCc1ccc2ncn(C(C)C)c2c1. The van der Waals surface area contributed by atoms with Gasteiger partial charge in [0, 0.05) is 12.6 Å². The third kappa shape index (κ3) is 3.97. The van der Waals surface area contributed by atoms with Gasteiger partial charge in [0.2, 0.25) is 0 Å². The molecule has 0 radical (unpaired) electrons. The zero-order valence-electron chi connectivity index (χ0n) is 12.9. The lowest BCUT2D eigenvalue weighted by atomic mass is 10.2. The Hall–Kier alpha value is -2.04. The van der Waals surface area contributed by atoms with Crippen molar-refractivity contribution in [2.75, 3.05) is 6.61 Å². The predicted molar refractivity (Wildman–Crippen MR) is 83.2 cm³/mol. The smallest absolute Gasteiger partial charge is 0.407 e. The number of fused-ring (bicyclic) bond motifs is 1. The van der Waals surface area contributed by atoms with Gasteiger partial charge in [-0.2, -0.15) is 0 Å². The molecule has 5 heteroatoms. The highest BCUT2D eigenvalue weighted by Crippen LogP contribution is 2.18. The maximum Gasteiger partial charge on any atom is 0.407 e. The molecule has 0 aliphatic heterocycles. The molecule has 1 aromatic carbocycles. The molecule has 0 fully saturated rings. The molecule has 0 atom stereocenters. The largest absolute Gasteiger partial charge is 0.450 e. The number of carbonyl (C=O) groups excluding carboxylic acids is 1. The van der Waals surface area contributed by atoms with Crippen LogP contribution in [0.15, 0.2) is 24.5 Å². The van der Waals surface area contributed by atoms with Crippen molar-refractivity contribution < 1.29 is 9.53 Å². The fraction of sp³-hybridized carbons (Fsp3) is 0.500. The van der Waals surface area contributed by atoms with Crippen LogP contribution in [0.1, 0.15) is 45.2 Å². The first-order chi connectivity index (χ1) is 10.1. The number of hydrogen-bond donors (Lipinski definition) is 1. The maximum atomic E-state index is 11.5. The van der Waals surface area contributed by atoms with Crippen molar-refractivity contribution in [1.29, 1.82) is 0 Å². The Morgan fingerprint density at radius 1 is 1.43 bits per heavy atom. The van der Waals surface area contributed by atoms with Gasteiger partial charge in [0.25, 0.3) is 0 Å². The Labute approximate surface area is 125 Å². The third-order valence-electron chi connectivity index (χ3n) is 3.36. The number of alkyl carbamates (subject to hydrolysis) is 1. The summed E-state index contributed by atoms with van der Waals surface area (Å²) in [5.74, 6) is 0. The molecule has 1 aromatic heterocycles. The van der Waals surface area contributed by atoms with E-state index in [-0.39, 0.29) is 6.09 Å². The van der Waals surface area contributed by atoms with E-state index in [1.807, 2.05) is 18.5 Å². The highest BCUT2D eigenvalue weighted by Gasteiger charge is 2.07. The van der Waals surface area contributed by atoms with Crippen LogP contribution in [0.3, 0.4) is 0 Å². The van der Waals surface area contributed by atoms with Crippen LogP contribution < -0.4 is 5.32 Å². The van der Waals surface area contributed by atoms with E-state index in [1.54, 1.807) is 0 Å². The fourth-order valence-corrected chi connectivity index (χ4v) is 2.13. The van der Waals surface area contributed by atoms with Gasteiger partial charge in [0.1, 0.15) is 0 Å². The minimum atomic E-state index is -0.360. The molecule has 1 amide bonds. The summed E-state index contributed by atoms with van der Waals surface area (Å²) >= 11 is 0. The van der Waals surface area contributed by atoms with Crippen molar-refractivity contribution in [2.24, 2.45) is 0 Å². The number of rotatable bonds is 6. The average Bonchev–Trinajstić information content (AvgIpc) is 2.88. The Bertz CT molecular complexity index is 605. The van der Waals surface area contributed by atoms with E-state index in [2.05, 4.69) is 41.7 Å². The van der Waals surface area contributed by atoms with E-state index in [9.17, 15) is 4.79 Å². The standard InChI is InChI=1S/C16H23N3O2/c1-4-5-8-21-16(20)17-10-13-6-7-14-15(9-13)19(11-18-14)12(2)3/h6-7,9,11-12H,4-5,8,10H2,1-3H3,(H,17,20). The van der Waals surface area contributed by atoms with Gasteiger partial charge in [-0.15, -0.1) is 0 Å². The van der Waals surface area contributed by atoms with Crippen molar-refractivity contribution in [3.05, 3.63) is 30.1 Å². The molecular formula is C16H23N3O2. The second-order valence-electron chi connectivity index (χ2n) is 5.41. The molecule has 0 bridgehead atoms. The summed E-state index contributed by atoms with van der Waals surface area (Å²) in [4.78, 5) is 15.9. The second-order valence-corrected chi connectivity index (χ2v) is 5.41. The van der Waals surface area contributed by atoms with Crippen LogP contribution in [-0.2, 0) is 11.3 Å². The fourth-order valence-electron chi connectivity index (χ4n) is 2.13. The highest BCUT2D eigenvalue weighted by molar-refractivity contribution is 5.76. The molecule has 0 saturated heterocycles. The van der Waals surface area contributed by atoms with Crippen molar-refractivity contribution in [3.63, 3.8) is 0 Å². The monoisotopic (exact) mass is 289 g/mol. The molecule has 0 aliphatic rings. The van der Waals surface area contributed by atoms with Crippen LogP contribution in [0.4, 0.5) is 4.79 Å². The Morgan fingerprint density at radius 3 is 2.95 bits per heavy atom. The number of aromatic nitrogens is 2. The van der Waals surface area contributed by atoms with E-state index in [1.165, 1.54) is 0 Å². The van der Waals surface area contributed by atoms with Crippen LogP contribution in [0.25, 0.3) is 11.0 Å². The molecular weight excluding hydrogens is 266 g/mol. The van der Waals surface area contributed by atoms with E-state index in [0.29, 0.717) is 19.2 Å². The zero-order valence-corrected chi connectivity index (χ0v) is 12.9. The first-order valence-electron chi connectivity index (χ1n) is 7.48. The van der Waals surface area contributed by atoms with Gasteiger partial charge in [-0.3, -0.25) is 0 Å². The second kappa shape index (κ2) is 7.11. The molecule has 0 unspecified atom stereocenters. The predicted octanol–water partition coefficient (Wildman–Crippen LogP) is 3.64. The van der Waals surface area contributed by atoms with Crippen molar-refractivity contribution in [3.8, 4) is 0 Å². The summed E-state index contributed by atoms with van der Waals surface area (Å²) in [6.45, 7) is 7.24. The number of ether oxygens (including phenoxy) is 1. The molecule has 0 spiro atoms. The average molecular weight is 289 g/mol. The summed E-state index contributed by atoms with van der Waals surface area (Å²) in [6.07, 6.45) is 3.41. The normalized spacial score (nSPS) is 11.0. The molecule has 5 nitrogen and oxygen atoms in total. The molecule has 2 aromatic rings. The molecule has 1 N–H and O–H groups in total. The summed E-state index contributed by atoms with van der Waals surface area (Å²) in [7, 11) is 0. The molecule has 21 heavy (non-hydrogen) atoms. The number of unbranched alkanes of at least 4 members (excludes halogenated alkanes) is 1. The van der Waals surface area contributed by atoms with E-state index >= 15 is 0 Å². The lowest BCUT2D eigenvalue weighted by Gasteiger charge is -2.10. The van der Waals surface area contributed by atoms with Gasteiger partial charge < -0.3 is 14.6 Å². The van der Waals surface area contributed by atoms with Gasteiger partial charge >= 0.3 is 6.09 Å². The Balaban J connectivity index is 1.99. The van der Waals surface area contributed by atoms with E-state index in [0.717, 1.165) is 29.4 Å². The van der Waals surface area contributed by atoms with Crippen molar-refractivity contribution >= 4 is 17.1 Å². The van der Waals surface area contributed by atoms with E-state index < -0.39 is 0 Å². The minimum Gasteiger partial charge on any atom is -0.450 e. The third-order valence-corrected chi connectivity index (χ3v) is 3.36. The molecule has 0 saturated carbocycles. The van der Waals surface area contributed by atoms with Crippen molar-refractivity contribution in [2.45, 2.75) is 46.2 Å². The Kier molecular flexibility index (Phi) is 5.20. The Morgan fingerprint density at radius 2 is 2.24 bits per heavy atom. The first-order valence-corrected chi connectivity index (χ1v) is 7.48. The quantitative estimate of drug-likeness (QED) is 0.826. The van der Waals surface area contributed by atoms with Gasteiger partial charge in [-0.1, -0.05) is 19.4 Å². The number of benzene rings is 1. The number of nitrogens with one attached hydrogen (secondary N) is 1. The molecule has 2 rings (SSSR count). The molecule has 1 heterocycles. The van der Waals surface area contributed by atoms with Crippen LogP contribution in [0, 0.1) is 0 Å². The summed E-state index contributed by atoms with van der Waals surface area (Å²) in [6, 6.07) is 6.38. The van der Waals surface area contributed by atoms with Crippen LogP contribution in [-0.4, -0.2) is 22.3 Å². The summed E-state index contributed by atoms with van der Waals surface area (Å²) < 4.78 is 7.19. The zero-order chi connectivity index (χ0) is 15.2. The number of hydrogen-bond acceptors (Lipinski definition) is 3. The van der Waals surface area contributed by atoms with Gasteiger partial charge in [-0.25, -0.2) is 9.78 Å². The topological polar surface area (TPSA) is 56.1 Å². The van der Waals surface area contributed by atoms with Gasteiger partial charge in [0.05, 0.1) is 24.0 Å². The van der Waals surface area contributed by atoms with E-state index in [4.69, 9.17) is 4.74 Å². The molecule has 114 valence electrons. The number of amides is 1. The van der Waals surface area contributed by atoms with Crippen molar-refractivity contribution in [1.82, 2.24) is 14.9 Å².